The summed E-state index contributed by atoms with van der Waals surface area (Å²) in [6.07, 6.45) is 3.02. The zero-order valence-corrected chi connectivity index (χ0v) is 13.1. The lowest BCUT2D eigenvalue weighted by Gasteiger charge is -2.32. The molecule has 2 rings (SSSR count). The maximum absolute atomic E-state index is 12.5. The second-order valence-electron chi connectivity index (χ2n) is 5.88. The smallest absolute Gasteiger partial charge is 0.253 e. The van der Waals surface area contributed by atoms with Gasteiger partial charge in [-0.2, -0.15) is 0 Å². The average Bonchev–Trinajstić information content (AvgIpc) is 2.46. The SMILES string of the molecule is Cc1cc(C)cc(C(=O)N2CCC(OCCCN)CC2)c1. The summed E-state index contributed by atoms with van der Waals surface area (Å²) in [5, 5.41) is 0. The molecule has 1 saturated heterocycles. The Hall–Kier alpha value is -1.39. The Morgan fingerprint density at radius 2 is 1.86 bits per heavy atom. The molecule has 0 radical (unpaired) electrons. The van der Waals surface area contributed by atoms with Gasteiger partial charge >= 0.3 is 0 Å². The molecule has 116 valence electrons. The van der Waals surface area contributed by atoms with E-state index in [4.69, 9.17) is 10.5 Å². The number of rotatable bonds is 5. The van der Waals surface area contributed by atoms with Crippen LogP contribution in [0.4, 0.5) is 0 Å². The zero-order valence-electron chi connectivity index (χ0n) is 13.1. The average molecular weight is 290 g/mol. The number of piperidine rings is 1. The van der Waals surface area contributed by atoms with Crippen molar-refractivity contribution in [1.29, 1.82) is 0 Å². The van der Waals surface area contributed by atoms with Gasteiger partial charge in [-0.3, -0.25) is 4.79 Å². The molecular formula is C17H26N2O2. The maximum Gasteiger partial charge on any atom is 0.253 e. The van der Waals surface area contributed by atoms with Gasteiger partial charge in [0.25, 0.3) is 5.91 Å². The minimum atomic E-state index is 0.141. The van der Waals surface area contributed by atoms with Crippen LogP contribution >= 0.6 is 0 Å². The normalized spacial score (nSPS) is 16.2. The van der Waals surface area contributed by atoms with Crippen molar-refractivity contribution in [3.05, 3.63) is 34.9 Å². The summed E-state index contributed by atoms with van der Waals surface area (Å²) in [5.41, 5.74) is 8.54. The first-order valence-corrected chi connectivity index (χ1v) is 7.79. The van der Waals surface area contributed by atoms with Crippen molar-refractivity contribution in [2.24, 2.45) is 5.73 Å². The monoisotopic (exact) mass is 290 g/mol. The number of hydrogen-bond donors (Lipinski definition) is 1. The van der Waals surface area contributed by atoms with Gasteiger partial charge in [0.15, 0.2) is 0 Å². The highest BCUT2D eigenvalue weighted by Gasteiger charge is 2.24. The van der Waals surface area contributed by atoms with Crippen LogP contribution in [0.3, 0.4) is 0 Å². The van der Waals surface area contributed by atoms with Crippen LogP contribution in [0.15, 0.2) is 18.2 Å². The van der Waals surface area contributed by atoms with Gasteiger partial charge in [0, 0.05) is 25.3 Å². The van der Waals surface area contributed by atoms with E-state index in [0.29, 0.717) is 6.54 Å². The Balaban J connectivity index is 1.88. The molecule has 0 atom stereocenters. The van der Waals surface area contributed by atoms with Crippen LogP contribution in [-0.4, -0.2) is 43.2 Å². The molecule has 0 saturated carbocycles. The standard InChI is InChI=1S/C17H26N2O2/c1-13-10-14(2)12-15(11-13)17(20)19-7-4-16(5-8-19)21-9-3-6-18/h10-12,16H,3-9,18H2,1-2H3. The number of ether oxygens (including phenoxy) is 1. The van der Waals surface area contributed by atoms with Crippen molar-refractivity contribution in [2.75, 3.05) is 26.2 Å². The molecule has 1 aromatic rings. The third kappa shape index (κ3) is 4.55. The largest absolute Gasteiger partial charge is 0.378 e. The van der Waals surface area contributed by atoms with Gasteiger partial charge in [0.05, 0.1) is 6.10 Å². The number of carbonyl (C=O) groups is 1. The third-order valence-electron chi connectivity index (χ3n) is 3.90. The van der Waals surface area contributed by atoms with E-state index in [2.05, 4.69) is 6.07 Å². The van der Waals surface area contributed by atoms with Gasteiger partial charge in [-0.05, 0) is 51.8 Å². The highest BCUT2D eigenvalue weighted by molar-refractivity contribution is 5.94. The van der Waals surface area contributed by atoms with Crippen LogP contribution in [0.2, 0.25) is 0 Å². The van der Waals surface area contributed by atoms with Crippen molar-refractivity contribution in [3.63, 3.8) is 0 Å². The predicted octanol–water partition coefficient (Wildman–Crippen LogP) is 2.27. The molecule has 0 aromatic heterocycles. The summed E-state index contributed by atoms with van der Waals surface area (Å²) in [7, 11) is 0. The summed E-state index contributed by atoms with van der Waals surface area (Å²) in [6.45, 7) is 7.01. The number of benzene rings is 1. The number of nitrogens with zero attached hydrogens (tertiary/aromatic N) is 1. The van der Waals surface area contributed by atoms with E-state index in [9.17, 15) is 4.79 Å². The molecule has 4 nitrogen and oxygen atoms in total. The molecule has 1 heterocycles. The summed E-state index contributed by atoms with van der Waals surface area (Å²) in [5.74, 6) is 0.141. The third-order valence-corrected chi connectivity index (χ3v) is 3.90. The molecule has 4 heteroatoms. The number of nitrogens with two attached hydrogens (primary N) is 1. The van der Waals surface area contributed by atoms with E-state index in [1.165, 1.54) is 0 Å². The van der Waals surface area contributed by atoms with Gasteiger partial charge in [0.2, 0.25) is 0 Å². The molecule has 0 aliphatic carbocycles. The van der Waals surface area contributed by atoms with Gasteiger partial charge in [-0.15, -0.1) is 0 Å². The van der Waals surface area contributed by atoms with E-state index >= 15 is 0 Å². The lowest BCUT2D eigenvalue weighted by atomic mass is 10.0. The van der Waals surface area contributed by atoms with Crippen LogP contribution in [0.1, 0.15) is 40.7 Å². The highest BCUT2D eigenvalue weighted by atomic mass is 16.5. The molecule has 0 spiro atoms. The zero-order chi connectivity index (χ0) is 15.2. The van der Waals surface area contributed by atoms with Crippen LogP contribution in [0.5, 0.6) is 0 Å². The van der Waals surface area contributed by atoms with Crippen LogP contribution in [-0.2, 0) is 4.74 Å². The Labute approximate surface area is 127 Å². The molecule has 0 unspecified atom stereocenters. The fourth-order valence-corrected chi connectivity index (χ4v) is 2.84. The molecule has 21 heavy (non-hydrogen) atoms. The minimum Gasteiger partial charge on any atom is -0.378 e. The predicted molar refractivity (Wildman–Crippen MR) is 84.5 cm³/mol. The van der Waals surface area contributed by atoms with Gasteiger partial charge in [0.1, 0.15) is 0 Å². The van der Waals surface area contributed by atoms with Crippen LogP contribution in [0.25, 0.3) is 0 Å². The molecule has 1 aliphatic heterocycles. The lowest BCUT2D eigenvalue weighted by molar-refractivity contribution is 0.00844. The Kier molecular flexibility index (Phi) is 5.76. The lowest BCUT2D eigenvalue weighted by Crippen LogP contribution is -2.41. The van der Waals surface area contributed by atoms with E-state index in [-0.39, 0.29) is 12.0 Å². The first-order valence-electron chi connectivity index (χ1n) is 7.79. The second kappa shape index (κ2) is 7.57. The Morgan fingerprint density at radius 3 is 2.43 bits per heavy atom. The van der Waals surface area contributed by atoms with Crippen molar-refractivity contribution >= 4 is 5.91 Å². The highest BCUT2D eigenvalue weighted by Crippen LogP contribution is 2.18. The van der Waals surface area contributed by atoms with E-state index < -0.39 is 0 Å². The number of amides is 1. The Morgan fingerprint density at radius 1 is 1.24 bits per heavy atom. The summed E-state index contributed by atoms with van der Waals surface area (Å²) < 4.78 is 5.78. The molecule has 1 aliphatic rings. The summed E-state index contributed by atoms with van der Waals surface area (Å²) in [4.78, 5) is 14.5. The van der Waals surface area contributed by atoms with Gasteiger partial charge in [-0.1, -0.05) is 17.2 Å². The topological polar surface area (TPSA) is 55.6 Å². The van der Waals surface area contributed by atoms with Crippen LogP contribution in [0, 0.1) is 13.8 Å². The fraction of sp³-hybridized carbons (Fsp3) is 0.588. The summed E-state index contributed by atoms with van der Waals surface area (Å²) in [6, 6.07) is 6.03. The summed E-state index contributed by atoms with van der Waals surface area (Å²) >= 11 is 0. The van der Waals surface area contributed by atoms with E-state index in [1.807, 2.05) is 30.9 Å². The number of aryl methyl sites for hydroxylation is 2. The minimum absolute atomic E-state index is 0.141. The number of carbonyl (C=O) groups excluding carboxylic acids is 1. The van der Waals surface area contributed by atoms with E-state index in [1.54, 1.807) is 0 Å². The van der Waals surface area contributed by atoms with Crippen molar-refractivity contribution < 1.29 is 9.53 Å². The first-order chi connectivity index (χ1) is 10.1. The molecular weight excluding hydrogens is 264 g/mol. The maximum atomic E-state index is 12.5. The Bertz CT molecular complexity index is 459. The fourth-order valence-electron chi connectivity index (χ4n) is 2.84. The molecule has 1 fully saturated rings. The second-order valence-corrected chi connectivity index (χ2v) is 5.88. The molecule has 1 amide bonds. The number of likely N-dealkylation sites (tertiary alicyclic amines) is 1. The first kappa shape index (κ1) is 16.0. The molecule has 1 aromatic carbocycles. The van der Waals surface area contributed by atoms with Gasteiger partial charge in [-0.25, -0.2) is 0 Å². The van der Waals surface area contributed by atoms with E-state index in [0.717, 1.165) is 55.6 Å². The quantitative estimate of drug-likeness (QED) is 0.846. The van der Waals surface area contributed by atoms with Gasteiger partial charge < -0.3 is 15.4 Å². The van der Waals surface area contributed by atoms with Crippen molar-refractivity contribution in [2.45, 2.75) is 39.2 Å². The van der Waals surface area contributed by atoms with Crippen molar-refractivity contribution in [1.82, 2.24) is 4.90 Å². The van der Waals surface area contributed by atoms with Crippen molar-refractivity contribution in [3.8, 4) is 0 Å². The van der Waals surface area contributed by atoms with Crippen LogP contribution < -0.4 is 5.73 Å². The number of hydrogen-bond acceptors (Lipinski definition) is 3. The molecule has 2 N–H and O–H groups in total. The molecule has 0 bridgehead atoms.